The van der Waals surface area contributed by atoms with E-state index in [0.717, 1.165) is 37.2 Å². The van der Waals surface area contributed by atoms with Gasteiger partial charge < -0.3 is 10.8 Å². The molecular formula is C14H18N6O2. The summed E-state index contributed by atoms with van der Waals surface area (Å²) in [6.45, 7) is 2.37. The quantitative estimate of drug-likeness (QED) is 0.765. The zero-order chi connectivity index (χ0) is 15.5. The van der Waals surface area contributed by atoms with Crippen LogP contribution in [0.1, 0.15) is 40.5 Å². The Hall–Kier alpha value is -2.48. The van der Waals surface area contributed by atoms with E-state index in [1.54, 1.807) is 12.4 Å². The standard InChI is InChI=1S/C14H18N6O2/c15-14-16-4-1-11(18-14)9-2-5-20(6-3-9)8-10-7-17-19-12(10)13(21)22/h1,4,7,9H,2-3,5-6,8H2,(H,17,19)(H,21,22)(H2,15,16,18). The first-order valence-corrected chi connectivity index (χ1v) is 7.20. The van der Waals surface area contributed by atoms with Crippen molar-refractivity contribution in [2.24, 2.45) is 0 Å². The Morgan fingerprint density at radius 2 is 2.23 bits per heavy atom. The maximum absolute atomic E-state index is 11.1. The first-order valence-electron chi connectivity index (χ1n) is 7.20. The van der Waals surface area contributed by atoms with E-state index >= 15 is 0 Å². The average Bonchev–Trinajstić information content (AvgIpc) is 2.96. The Morgan fingerprint density at radius 1 is 1.45 bits per heavy atom. The zero-order valence-corrected chi connectivity index (χ0v) is 12.1. The Bertz CT molecular complexity index is 663. The first kappa shape index (κ1) is 14.5. The second-order valence-corrected chi connectivity index (χ2v) is 5.47. The number of nitrogens with two attached hydrogens (primary N) is 1. The number of carboxylic acids is 1. The van der Waals surface area contributed by atoms with Crippen LogP contribution in [0.3, 0.4) is 0 Å². The van der Waals surface area contributed by atoms with E-state index in [-0.39, 0.29) is 5.69 Å². The third-order valence-electron chi connectivity index (χ3n) is 4.03. The highest BCUT2D eigenvalue weighted by Crippen LogP contribution is 2.27. The molecule has 1 aliphatic heterocycles. The predicted molar refractivity (Wildman–Crippen MR) is 79.2 cm³/mol. The molecule has 2 aromatic rings. The lowest BCUT2D eigenvalue weighted by molar-refractivity contribution is 0.0687. The average molecular weight is 302 g/mol. The molecule has 0 aliphatic carbocycles. The highest BCUT2D eigenvalue weighted by Gasteiger charge is 2.23. The van der Waals surface area contributed by atoms with Crippen molar-refractivity contribution in [1.82, 2.24) is 25.1 Å². The van der Waals surface area contributed by atoms with Crippen LogP contribution in [0.2, 0.25) is 0 Å². The number of nitrogens with one attached hydrogen (secondary N) is 1. The van der Waals surface area contributed by atoms with Gasteiger partial charge in [0.1, 0.15) is 5.69 Å². The van der Waals surface area contributed by atoms with Gasteiger partial charge in [0.25, 0.3) is 0 Å². The van der Waals surface area contributed by atoms with Crippen molar-refractivity contribution >= 4 is 11.9 Å². The summed E-state index contributed by atoms with van der Waals surface area (Å²) in [4.78, 5) is 21.5. The monoisotopic (exact) mass is 302 g/mol. The van der Waals surface area contributed by atoms with E-state index in [1.165, 1.54) is 0 Å². The maximum atomic E-state index is 11.1. The summed E-state index contributed by atoms with van der Waals surface area (Å²) in [5, 5.41) is 15.4. The molecule has 3 rings (SSSR count). The van der Waals surface area contributed by atoms with Gasteiger partial charge in [-0.15, -0.1) is 0 Å². The number of piperidine rings is 1. The van der Waals surface area contributed by atoms with Crippen molar-refractivity contribution in [2.45, 2.75) is 25.3 Å². The molecule has 4 N–H and O–H groups in total. The molecule has 0 aromatic carbocycles. The summed E-state index contributed by atoms with van der Waals surface area (Å²) < 4.78 is 0. The lowest BCUT2D eigenvalue weighted by Crippen LogP contribution is -2.33. The van der Waals surface area contributed by atoms with Crippen LogP contribution < -0.4 is 5.73 Å². The molecule has 8 heteroatoms. The number of H-pyrrole nitrogens is 1. The highest BCUT2D eigenvalue weighted by atomic mass is 16.4. The molecule has 0 amide bonds. The van der Waals surface area contributed by atoms with Crippen molar-refractivity contribution in [1.29, 1.82) is 0 Å². The van der Waals surface area contributed by atoms with Gasteiger partial charge in [-0.1, -0.05) is 0 Å². The number of likely N-dealkylation sites (tertiary alicyclic amines) is 1. The number of aromatic carboxylic acids is 1. The fourth-order valence-corrected chi connectivity index (χ4v) is 2.86. The molecule has 0 bridgehead atoms. The summed E-state index contributed by atoms with van der Waals surface area (Å²) in [6.07, 6.45) is 5.21. The van der Waals surface area contributed by atoms with E-state index < -0.39 is 5.97 Å². The molecule has 8 nitrogen and oxygen atoms in total. The number of hydrogen-bond acceptors (Lipinski definition) is 6. The fourth-order valence-electron chi connectivity index (χ4n) is 2.86. The Kier molecular flexibility index (Phi) is 4.01. The minimum absolute atomic E-state index is 0.172. The Morgan fingerprint density at radius 3 is 2.91 bits per heavy atom. The number of anilines is 1. The normalized spacial score (nSPS) is 16.7. The molecule has 1 aliphatic rings. The maximum Gasteiger partial charge on any atom is 0.354 e. The summed E-state index contributed by atoms with van der Waals surface area (Å²) in [5.41, 5.74) is 7.51. The van der Waals surface area contributed by atoms with Crippen LogP contribution in [0.25, 0.3) is 0 Å². The largest absolute Gasteiger partial charge is 0.477 e. The van der Waals surface area contributed by atoms with Gasteiger partial charge in [-0.3, -0.25) is 10.00 Å². The third kappa shape index (κ3) is 3.06. The molecule has 0 atom stereocenters. The molecule has 22 heavy (non-hydrogen) atoms. The van der Waals surface area contributed by atoms with Gasteiger partial charge in [0.15, 0.2) is 0 Å². The van der Waals surface area contributed by atoms with Crippen LogP contribution in [0, 0.1) is 0 Å². The summed E-state index contributed by atoms with van der Waals surface area (Å²) in [6, 6.07) is 1.91. The topological polar surface area (TPSA) is 121 Å². The van der Waals surface area contributed by atoms with Gasteiger partial charge in [0.05, 0.1) is 6.20 Å². The number of aromatic amines is 1. The molecule has 116 valence electrons. The third-order valence-corrected chi connectivity index (χ3v) is 4.03. The van der Waals surface area contributed by atoms with Crippen LogP contribution >= 0.6 is 0 Å². The molecule has 2 aromatic heterocycles. The van der Waals surface area contributed by atoms with Gasteiger partial charge in [-0.25, -0.2) is 14.8 Å². The van der Waals surface area contributed by atoms with Gasteiger partial charge in [-0.2, -0.15) is 5.10 Å². The fraction of sp³-hybridized carbons (Fsp3) is 0.429. The number of carboxylic acid groups (broad SMARTS) is 1. The van der Waals surface area contributed by atoms with Crippen LogP contribution in [0.4, 0.5) is 5.95 Å². The second-order valence-electron chi connectivity index (χ2n) is 5.47. The van der Waals surface area contributed by atoms with Crippen molar-refractivity contribution < 1.29 is 9.90 Å². The Labute approximate surface area is 127 Å². The van der Waals surface area contributed by atoms with Gasteiger partial charge in [0, 0.05) is 29.9 Å². The molecule has 0 radical (unpaired) electrons. The lowest BCUT2D eigenvalue weighted by atomic mass is 9.93. The van der Waals surface area contributed by atoms with Crippen molar-refractivity contribution in [2.75, 3.05) is 18.8 Å². The van der Waals surface area contributed by atoms with Crippen molar-refractivity contribution in [3.05, 3.63) is 35.4 Å². The zero-order valence-electron chi connectivity index (χ0n) is 12.1. The SMILES string of the molecule is Nc1nccc(C2CCN(Cc3cn[nH]c3C(=O)O)CC2)n1. The molecule has 0 saturated carbocycles. The van der Waals surface area contributed by atoms with Crippen molar-refractivity contribution in [3.8, 4) is 0 Å². The summed E-state index contributed by atoms with van der Waals surface area (Å²) in [5.74, 6) is -0.284. The molecule has 1 saturated heterocycles. The summed E-state index contributed by atoms with van der Waals surface area (Å²) in [7, 11) is 0. The predicted octanol–water partition coefficient (Wildman–Crippen LogP) is 0.860. The number of nitrogens with zero attached hydrogens (tertiary/aromatic N) is 4. The smallest absolute Gasteiger partial charge is 0.354 e. The van der Waals surface area contributed by atoms with E-state index in [2.05, 4.69) is 25.1 Å². The molecule has 1 fully saturated rings. The molecule has 0 unspecified atom stereocenters. The number of rotatable bonds is 4. The van der Waals surface area contributed by atoms with E-state index in [9.17, 15) is 4.79 Å². The highest BCUT2D eigenvalue weighted by molar-refractivity contribution is 5.86. The van der Waals surface area contributed by atoms with Gasteiger partial charge in [-0.05, 0) is 32.0 Å². The number of carbonyl (C=O) groups is 1. The van der Waals surface area contributed by atoms with Crippen molar-refractivity contribution in [3.63, 3.8) is 0 Å². The van der Waals surface area contributed by atoms with E-state index in [4.69, 9.17) is 10.8 Å². The number of hydrogen-bond donors (Lipinski definition) is 3. The van der Waals surface area contributed by atoms with Crippen LogP contribution in [0.5, 0.6) is 0 Å². The Balaban J connectivity index is 1.60. The van der Waals surface area contributed by atoms with Crippen LogP contribution in [0.15, 0.2) is 18.5 Å². The number of nitrogen functional groups attached to an aromatic ring is 1. The number of aromatic nitrogens is 4. The summed E-state index contributed by atoms with van der Waals surface area (Å²) >= 11 is 0. The van der Waals surface area contributed by atoms with Gasteiger partial charge in [0.2, 0.25) is 5.95 Å². The van der Waals surface area contributed by atoms with E-state index in [0.29, 0.717) is 18.4 Å². The van der Waals surface area contributed by atoms with Crippen LogP contribution in [-0.2, 0) is 6.54 Å². The first-order chi connectivity index (χ1) is 10.6. The molecule has 0 spiro atoms. The van der Waals surface area contributed by atoms with Gasteiger partial charge >= 0.3 is 5.97 Å². The molecule has 3 heterocycles. The van der Waals surface area contributed by atoms with Crippen LogP contribution in [-0.4, -0.2) is 49.2 Å². The second kappa shape index (κ2) is 6.10. The lowest BCUT2D eigenvalue weighted by Gasteiger charge is -2.31. The molecular weight excluding hydrogens is 284 g/mol. The van der Waals surface area contributed by atoms with E-state index in [1.807, 2.05) is 6.07 Å². The minimum Gasteiger partial charge on any atom is -0.477 e. The minimum atomic E-state index is -0.973.